The van der Waals surface area contributed by atoms with E-state index in [-0.39, 0.29) is 24.4 Å². The van der Waals surface area contributed by atoms with Crippen molar-refractivity contribution in [1.82, 2.24) is 4.98 Å². The third-order valence-corrected chi connectivity index (χ3v) is 4.55. The number of nitrogens with zero attached hydrogens (tertiary/aromatic N) is 2. The SMILES string of the molecule is CC(=O)c1ccc(N2CCC(Oc3cccc(F)c3)(C(=O)O)CC2)nc1. The molecule has 6 nitrogen and oxygen atoms in total. The third-order valence-electron chi connectivity index (χ3n) is 4.55. The number of benzene rings is 1. The van der Waals surface area contributed by atoms with Crippen molar-refractivity contribution in [3.8, 4) is 5.75 Å². The average Bonchev–Trinajstić information content (AvgIpc) is 2.62. The number of carbonyl (C=O) groups excluding carboxylic acids is 1. The van der Waals surface area contributed by atoms with Crippen molar-refractivity contribution < 1.29 is 23.8 Å². The van der Waals surface area contributed by atoms with Crippen LogP contribution in [0.15, 0.2) is 42.6 Å². The molecule has 0 bridgehead atoms. The fourth-order valence-corrected chi connectivity index (χ4v) is 2.99. The van der Waals surface area contributed by atoms with E-state index in [1.54, 1.807) is 18.2 Å². The minimum atomic E-state index is -1.40. The van der Waals surface area contributed by atoms with E-state index in [4.69, 9.17) is 4.74 Å². The number of aromatic nitrogens is 1. The molecule has 1 aliphatic rings. The van der Waals surface area contributed by atoms with Crippen molar-refractivity contribution in [2.75, 3.05) is 18.0 Å². The minimum absolute atomic E-state index is 0.0592. The second-order valence-electron chi connectivity index (χ2n) is 6.31. The monoisotopic (exact) mass is 358 g/mol. The summed E-state index contributed by atoms with van der Waals surface area (Å²) in [6.45, 7) is 2.32. The van der Waals surface area contributed by atoms with E-state index in [1.807, 2.05) is 4.90 Å². The molecule has 0 saturated carbocycles. The quantitative estimate of drug-likeness (QED) is 0.828. The number of halogens is 1. The summed E-state index contributed by atoms with van der Waals surface area (Å²) < 4.78 is 19.0. The first-order valence-electron chi connectivity index (χ1n) is 8.29. The molecular formula is C19H19FN2O4. The highest BCUT2D eigenvalue weighted by Gasteiger charge is 2.44. The van der Waals surface area contributed by atoms with Gasteiger partial charge in [-0.25, -0.2) is 14.2 Å². The van der Waals surface area contributed by atoms with E-state index >= 15 is 0 Å². The zero-order valence-electron chi connectivity index (χ0n) is 14.3. The van der Waals surface area contributed by atoms with Crippen LogP contribution < -0.4 is 9.64 Å². The first kappa shape index (κ1) is 17.8. The number of pyridine rings is 1. The van der Waals surface area contributed by atoms with Crippen LogP contribution in [0.25, 0.3) is 0 Å². The van der Waals surface area contributed by atoms with Crippen LogP contribution in [0.3, 0.4) is 0 Å². The number of carboxylic acids is 1. The van der Waals surface area contributed by atoms with E-state index in [1.165, 1.54) is 31.3 Å². The van der Waals surface area contributed by atoms with Gasteiger partial charge >= 0.3 is 5.97 Å². The smallest absolute Gasteiger partial charge is 0.348 e. The summed E-state index contributed by atoms with van der Waals surface area (Å²) in [6, 6.07) is 8.93. The molecule has 0 aliphatic carbocycles. The molecule has 1 aliphatic heterocycles. The van der Waals surface area contributed by atoms with Crippen molar-refractivity contribution in [2.24, 2.45) is 0 Å². The Bertz CT molecular complexity index is 815. The fraction of sp³-hybridized carbons (Fsp3) is 0.316. The first-order chi connectivity index (χ1) is 12.4. The Morgan fingerprint density at radius 2 is 1.96 bits per heavy atom. The van der Waals surface area contributed by atoms with Crippen LogP contribution in [0.5, 0.6) is 5.75 Å². The van der Waals surface area contributed by atoms with Gasteiger partial charge in [-0.2, -0.15) is 0 Å². The molecule has 0 atom stereocenters. The van der Waals surface area contributed by atoms with Crippen molar-refractivity contribution in [3.63, 3.8) is 0 Å². The third kappa shape index (κ3) is 3.66. The maximum atomic E-state index is 13.4. The van der Waals surface area contributed by atoms with Gasteiger partial charge in [0.05, 0.1) is 0 Å². The molecule has 1 saturated heterocycles. The van der Waals surface area contributed by atoms with Crippen molar-refractivity contribution in [1.29, 1.82) is 0 Å². The minimum Gasteiger partial charge on any atom is -0.478 e. The van der Waals surface area contributed by atoms with Crippen molar-refractivity contribution >= 4 is 17.6 Å². The van der Waals surface area contributed by atoms with E-state index in [0.717, 1.165) is 0 Å². The van der Waals surface area contributed by atoms with Crippen LogP contribution in [0.2, 0.25) is 0 Å². The van der Waals surface area contributed by atoms with Crippen LogP contribution >= 0.6 is 0 Å². The Morgan fingerprint density at radius 1 is 1.23 bits per heavy atom. The highest BCUT2D eigenvalue weighted by atomic mass is 19.1. The summed E-state index contributed by atoms with van der Waals surface area (Å²) in [7, 11) is 0. The molecule has 0 spiro atoms. The van der Waals surface area contributed by atoms with Crippen LogP contribution in [-0.2, 0) is 4.79 Å². The summed E-state index contributed by atoms with van der Waals surface area (Å²) >= 11 is 0. The lowest BCUT2D eigenvalue weighted by Gasteiger charge is -2.39. The number of ketones is 1. The van der Waals surface area contributed by atoms with Crippen molar-refractivity contribution in [3.05, 3.63) is 54.0 Å². The van der Waals surface area contributed by atoms with E-state index in [2.05, 4.69) is 4.98 Å². The standard InChI is InChI=1S/C19H19FN2O4/c1-13(23)14-5-6-17(21-12-14)22-9-7-19(8-10-22,18(24)25)26-16-4-2-3-15(20)11-16/h2-6,11-12H,7-10H2,1H3,(H,24,25). The van der Waals surface area contributed by atoms with Gasteiger partial charge in [0, 0.05) is 43.8 Å². The second-order valence-corrected chi connectivity index (χ2v) is 6.31. The Labute approximate surface area is 150 Å². The van der Waals surface area contributed by atoms with Crippen LogP contribution in [0.4, 0.5) is 10.2 Å². The number of piperidine rings is 1. The summed E-state index contributed by atoms with van der Waals surface area (Å²) in [4.78, 5) is 29.4. The van der Waals surface area contributed by atoms with Crippen LogP contribution in [0, 0.1) is 5.82 Å². The predicted octanol–water partition coefficient (Wildman–Crippen LogP) is 2.93. The lowest BCUT2D eigenvalue weighted by atomic mass is 9.91. The van der Waals surface area contributed by atoms with Gasteiger partial charge in [0.2, 0.25) is 5.60 Å². The number of aliphatic carboxylic acids is 1. The van der Waals surface area contributed by atoms with Gasteiger partial charge in [-0.15, -0.1) is 0 Å². The van der Waals surface area contributed by atoms with Gasteiger partial charge in [0.1, 0.15) is 17.4 Å². The summed E-state index contributed by atoms with van der Waals surface area (Å²) in [5.74, 6) is -0.725. The molecule has 0 radical (unpaired) electrons. The first-order valence-corrected chi connectivity index (χ1v) is 8.29. The fourth-order valence-electron chi connectivity index (χ4n) is 2.99. The van der Waals surface area contributed by atoms with Gasteiger partial charge in [0.25, 0.3) is 0 Å². The number of carbonyl (C=O) groups is 2. The Kier molecular flexibility index (Phi) is 4.88. The molecule has 1 fully saturated rings. The predicted molar refractivity (Wildman–Crippen MR) is 93.1 cm³/mol. The number of hydrogen-bond acceptors (Lipinski definition) is 5. The maximum Gasteiger partial charge on any atom is 0.348 e. The molecule has 2 heterocycles. The van der Waals surface area contributed by atoms with Crippen LogP contribution in [0.1, 0.15) is 30.1 Å². The molecule has 0 unspecified atom stereocenters. The molecule has 0 amide bonds. The Morgan fingerprint density at radius 3 is 2.50 bits per heavy atom. The number of rotatable bonds is 5. The molecule has 7 heteroatoms. The van der Waals surface area contributed by atoms with Crippen LogP contribution in [-0.4, -0.2) is 40.5 Å². The number of Topliss-reactive ketones (excluding diaryl/α,β-unsaturated/α-hetero) is 1. The number of hydrogen-bond donors (Lipinski definition) is 1. The molecule has 2 aromatic rings. The summed E-state index contributed by atoms with van der Waals surface area (Å²) in [6.07, 6.45) is 1.98. The van der Waals surface area contributed by atoms with Gasteiger partial charge in [-0.05, 0) is 31.2 Å². The van der Waals surface area contributed by atoms with E-state index < -0.39 is 17.4 Å². The molecule has 26 heavy (non-hydrogen) atoms. The highest BCUT2D eigenvalue weighted by Crippen LogP contribution is 2.31. The van der Waals surface area contributed by atoms with E-state index in [0.29, 0.717) is 24.5 Å². The lowest BCUT2D eigenvalue weighted by molar-refractivity contribution is -0.157. The van der Waals surface area contributed by atoms with Gasteiger partial charge in [-0.3, -0.25) is 4.79 Å². The number of ether oxygens (including phenoxy) is 1. The summed E-state index contributed by atoms with van der Waals surface area (Å²) in [5.41, 5.74) is -0.871. The van der Waals surface area contributed by atoms with Gasteiger partial charge < -0.3 is 14.7 Å². The lowest BCUT2D eigenvalue weighted by Crippen LogP contribution is -2.53. The van der Waals surface area contributed by atoms with Crippen molar-refractivity contribution in [2.45, 2.75) is 25.4 Å². The van der Waals surface area contributed by atoms with Gasteiger partial charge in [0.15, 0.2) is 5.78 Å². The average molecular weight is 358 g/mol. The Balaban J connectivity index is 1.73. The zero-order valence-corrected chi connectivity index (χ0v) is 14.3. The molecule has 1 aromatic carbocycles. The maximum absolute atomic E-state index is 13.4. The molecule has 3 rings (SSSR count). The normalized spacial score (nSPS) is 16.2. The molecule has 1 N–H and O–H groups in total. The number of anilines is 1. The molecule has 136 valence electrons. The highest BCUT2D eigenvalue weighted by molar-refractivity contribution is 5.93. The second kappa shape index (κ2) is 7.11. The Hall–Kier alpha value is -2.96. The molecular weight excluding hydrogens is 339 g/mol. The molecule has 1 aromatic heterocycles. The van der Waals surface area contributed by atoms with E-state index in [9.17, 15) is 19.1 Å². The largest absolute Gasteiger partial charge is 0.478 e. The summed E-state index contributed by atoms with van der Waals surface area (Å²) in [5, 5.41) is 9.68. The number of carboxylic acid groups (broad SMARTS) is 1. The topological polar surface area (TPSA) is 79.7 Å². The van der Waals surface area contributed by atoms with Gasteiger partial charge in [-0.1, -0.05) is 6.07 Å². The zero-order chi connectivity index (χ0) is 18.7.